The molecule has 28 heavy (non-hydrogen) atoms. The van der Waals surface area contributed by atoms with Crippen LogP contribution in [0.3, 0.4) is 0 Å². The molecule has 1 aromatic heterocycles. The summed E-state index contributed by atoms with van der Waals surface area (Å²) in [6, 6.07) is 10.6. The minimum Gasteiger partial charge on any atom is -0.368 e. The van der Waals surface area contributed by atoms with E-state index in [-0.39, 0.29) is 23.5 Å². The first-order valence-electron chi connectivity index (χ1n) is 10.3. The van der Waals surface area contributed by atoms with Crippen LogP contribution in [0.4, 0.5) is 5.95 Å². The molecule has 2 aromatic rings. The van der Waals surface area contributed by atoms with Crippen molar-refractivity contribution in [3.63, 3.8) is 0 Å². The van der Waals surface area contributed by atoms with Crippen LogP contribution in [0.1, 0.15) is 49.3 Å². The van der Waals surface area contributed by atoms with E-state index < -0.39 is 0 Å². The minimum absolute atomic E-state index is 0.0458. The van der Waals surface area contributed by atoms with Gasteiger partial charge in [0.1, 0.15) is 6.10 Å². The third kappa shape index (κ3) is 3.05. The first kappa shape index (κ1) is 17.6. The third-order valence-corrected chi connectivity index (χ3v) is 6.60. The number of nitrogens with one attached hydrogen (secondary N) is 1. The lowest BCUT2D eigenvalue weighted by Crippen LogP contribution is -2.43. The molecule has 1 aliphatic carbocycles. The first-order valence-corrected chi connectivity index (χ1v) is 10.3. The van der Waals surface area contributed by atoms with E-state index in [1.165, 1.54) is 11.1 Å². The Kier molecular flexibility index (Phi) is 4.51. The second kappa shape index (κ2) is 7.17. The first-order chi connectivity index (χ1) is 13.8. The zero-order chi connectivity index (χ0) is 19.0. The third-order valence-electron chi connectivity index (χ3n) is 6.60. The maximum Gasteiger partial charge on any atom is 0.249 e. The van der Waals surface area contributed by atoms with Crippen molar-refractivity contribution >= 4 is 11.9 Å². The number of hydrogen-bond acceptors (Lipinski definition) is 5. The van der Waals surface area contributed by atoms with Crippen molar-refractivity contribution in [3.05, 3.63) is 53.9 Å². The number of hydrogen-bond donors (Lipinski definition) is 1. The van der Waals surface area contributed by atoms with Gasteiger partial charge in [0.2, 0.25) is 11.9 Å². The zero-order valence-corrected chi connectivity index (χ0v) is 16.0. The van der Waals surface area contributed by atoms with Gasteiger partial charge in [0.15, 0.2) is 0 Å². The Morgan fingerprint density at radius 2 is 1.93 bits per heavy atom. The van der Waals surface area contributed by atoms with E-state index in [4.69, 9.17) is 4.74 Å². The van der Waals surface area contributed by atoms with E-state index in [1.54, 1.807) is 12.4 Å². The fraction of sp³-hybridized carbons (Fsp3) is 0.500. The molecule has 3 aliphatic rings. The highest BCUT2D eigenvalue weighted by atomic mass is 16.5. The summed E-state index contributed by atoms with van der Waals surface area (Å²) in [4.78, 5) is 23.7. The van der Waals surface area contributed by atoms with E-state index in [0.29, 0.717) is 6.61 Å². The Labute approximate surface area is 165 Å². The van der Waals surface area contributed by atoms with Gasteiger partial charge in [0.05, 0.1) is 6.04 Å². The van der Waals surface area contributed by atoms with Gasteiger partial charge in [0, 0.05) is 37.5 Å². The number of fused-ring (bicyclic) bond motifs is 2. The average Bonchev–Trinajstić information content (AvgIpc) is 3.38. The van der Waals surface area contributed by atoms with Gasteiger partial charge in [-0.2, -0.15) is 0 Å². The average molecular weight is 378 g/mol. The Morgan fingerprint density at radius 1 is 1.14 bits per heavy atom. The van der Waals surface area contributed by atoms with E-state index in [9.17, 15) is 4.79 Å². The second-order valence-electron chi connectivity index (χ2n) is 8.17. The molecule has 6 nitrogen and oxygen atoms in total. The molecule has 1 aromatic carbocycles. The molecule has 5 rings (SSSR count). The van der Waals surface area contributed by atoms with Crippen LogP contribution in [0.5, 0.6) is 0 Å². The van der Waals surface area contributed by atoms with Crippen LogP contribution in [0.25, 0.3) is 0 Å². The van der Waals surface area contributed by atoms with Gasteiger partial charge in [0.25, 0.3) is 0 Å². The van der Waals surface area contributed by atoms with Gasteiger partial charge in [-0.15, -0.1) is 0 Å². The maximum atomic E-state index is 12.7. The van der Waals surface area contributed by atoms with Crippen LogP contribution in [0, 0.1) is 0 Å². The number of ether oxygens (including phenoxy) is 1. The van der Waals surface area contributed by atoms with Crippen LogP contribution >= 0.6 is 0 Å². The van der Waals surface area contributed by atoms with E-state index in [1.807, 2.05) is 6.07 Å². The standard InChI is InChI=1S/C22H26N4O2/c27-20(19-7-3-14-28-19)25-18-15-22(17-6-2-1-5-16(17)18)8-12-26(13-9-22)21-23-10-4-11-24-21/h1-2,4-6,10-11,18-19H,3,7-9,12-15H2,(H,25,27)/t18-,19+/m0/s1. The quantitative estimate of drug-likeness (QED) is 0.890. The lowest BCUT2D eigenvalue weighted by atomic mass is 9.73. The van der Waals surface area contributed by atoms with E-state index in [2.05, 4.69) is 44.5 Å². The zero-order valence-electron chi connectivity index (χ0n) is 16.0. The smallest absolute Gasteiger partial charge is 0.249 e. The summed E-state index contributed by atoms with van der Waals surface area (Å²) in [5, 5.41) is 3.29. The molecule has 6 heteroatoms. The molecule has 0 unspecified atom stereocenters. The molecule has 1 amide bonds. The number of amides is 1. The van der Waals surface area contributed by atoms with Crippen LogP contribution in [0.2, 0.25) is 0 Å². The molecule has 3 heterocycles. The van der Waals surface area contributed by atoms with Crippen molar-refractivity contribution < 1.29 is 9.53 Å². The Balaban J connectivity index is 1.34. The van der Waals surface area contributed by atoms with Crippen LogP contribution in [-0.2, 0) is 14.9 Å². The molecular weight excluding hydrogens is 352 g/mol. The number of nitrogens with zero attached hydrogens (tertiary/aromatic N) is 3. The SMILES string of the molecule is O=C(N[C@H]1CC2(CCN(c3ncccn3)CC2)c2ccccc21)[C@H]1CCCO1. The molecule has 2 fully saturated rings. The Morgan fingerprint density at radius 3 is 2.68 bits per heavy atom. The van der Waals surface area contributed by atoms with Crippen molar-refractivity contribution in [1.29, 1.82) is 0 Å². The topological polar surface area (TPSA) is 67.4 Å². The van der Waals surface area contributed by atoms with E-state index >= 15 is 0 Å². The number of carbonyl (C=O) groups is 1. The Hall–Kier alpha value is -2.47. The molecule has 1 spiro atoms. The van der Waals surface area contributed by atoms with Crippen molar-refractivity contribution in [2.75, 3.05) is 24.6 Å². The van der Waals surface area contributed by atoms with Gasteiger partial charge in [-0.3, -0.25) is 4.79 Å². The minimum atomic E-state index is -0.277. The molecule has 0 bridgehead atoms. The number of anilines is 1. The normalized spacial score (nSPS) is 25.6. The van der Waals surface area contributed by atoms with Crippen LogP contribution < -0.4 is 10.2 Å². The number of rotatable bonds is 3. The predicted octanol–water partition coefficient (Wildman–Crippen LogP) is 2.75. The molecule has 2 aliphatic heterocycles. The summed E-state index contributed by atoms with van der Waals surface area (Å²) in [5.41, 5.74) is 2.80. The lowest BCUT2D eigenvalue weighted by Gasteiger charge is -2.40. The summed E-state index contributed by atoms with van der Waals surface area (Å²) in [5.74, 6) is 0.858. The highest BCUT2D eigenvalue weighted by Crippen LogP contribution is 2.50. The van der Waals surface area contributed by atoms with E-state index in [0.717, 1.165) is 51.1 Å². The lowest BCUT2D eigenvalue weighted by molar-refractivity contribution is -0.130. The summed E-state index contributed by atoms with van der Waals surface area (Å²) in [6.45, 7) is 2.57. The number of benzene rings is 1. The van der Waals surface area contributed by atoms with Crippen molar-refractivity contribution in [3.8, 4) is 0 Å². The van der Waals surface area contributed by atoms with Gasteiger partial charge in [-0.05, 0) is 49.3 Å². The monoisotopic (exact) mass is 378 g/mol. The molecule has 0 saturated carbocycles. The number of aromatic nitrogens is 2. The molecule has 1 N–H and O–H groups in total. The highest BCUT2D eigenvalue weighted by Gasteiger charge is 2.46. The molecular formula is C22H26N4O2. The summed E-state index contributed by atoms with van der Waals surface area (Å²) >= 11 is 0. The maximum absolute atomic E-state index is 12.7. The molecule has 2 saturated heterocycles. The van der Waals surface area contributed by atoms with Crippen molar-refractivity contribution in [2.45, 2.75) is 49.7 Å². The highest BCUT2D eigenvalue weighted by molar-refractivity contribution is 5.81. The number of piperidine rings is 1. The van der Waals surface area contributed by atoms with Crippen molar-refractivity contribution in [1.82, 2.24) is 15.3 Å². The van der Waals surface area contributed by atoms with Gasteiger partial charge in [-0.1, -0.05) is 24.3 Å². The van der Waals surface area contributed by atoms with Gasteiger partial charge < -0.3 is 15.0 Å². The summed E-state index contributed by atoms with van der Waals surface area (Å²) in [7, 11) is 0. The second-order valence-corrected chi connectivity index (χ2v) is 8.17. The Bertz CT molecular complexity index is 843. The fourth-order valence-corrected chi connectivity index (χ4v) is 5.14. The number of carbonyl (C=O) groups excluding carboxylic acids is 1. The molecule has 146 valence electrons. The summed E-state index contributed by atoms with van der Waals surface area (Å²) in [6.07, 6.45) is 8.19. The fourth-order valence-electron chi connectivity index (χ4n) is 5.14. The largest absolute Gasteiger partial charge is 0.368 e. The molecule has 0 radical (unpaired) electrons. The van der Waals surface area contributed by atoms with Gasteiger partial charge in [-0.25, -0.2) is 9.97 Å². The van der Waals surface area contributed by atoms with Gasteiger partial charge >= 0.3 is 0 Å². The van der Waals surface area contributed by atoms with Crippen LogP contribution in [0.15, 0.2) is 42.7 Å². The molecule has 2 atom stereocenters. The summed E-state index contributed by atoms with van der Waals surface area (Å²) < 4.78 is 5.58. The van der Waals surface area contributed by atoms with Crippen molar-refractivity contribution in [2.24, 2.45) is 0 Å². The van der Waals surface area contributed by atoms with Crippen LogP contribution in [-0.4, -0.2) is 41.7 Å². The predicted molar refractivity (Wildman–Crippen MR) is 106 cm³/mol.